The summed E-state index contributed by atoms with van der Waals surface area (Å²) in [5.41, 5.74) is 0.853. The van der Waals surface area contributed by atoms with Crippen molar-refractivity contribution in [1.82, 2.24) is 9.71 Å². The van der Waals surface area contributed by atoms with E-state index >= 15 is 0 Å². The van der Waals surface area contributed by atoms with Crippen molar-refractivity contribution in [2.24, 2.45) is 0 Å². The standard InChI is InChI=1S/C7H12N2O/c1-5(2)7-8-6(3)4-9(7)10/h4-5,10H,1-3H3. The predicted octanol–water partition coefficient (Wildman–Crippen LogP) is 1.55. The van der Waals surface area contributed by atoms with Crippen molar-refractivity contribution >= 4 is 0 Å². The van der Waals surface area contributed by atoms with Gasteiger partial charge in [0.2, 0.25) is 0 Å². The van der Waals surface area contributed by atoms with E-state index in [-0.39, 0.29) is 5.92 Å². The first-order valence-electron chi connectivity index (χ1n) is 3.36. The van der Waals surface area contributed by atoms with E-state index < -0.39 is 0 Å². The third-order valence-corrected chi connectivity index (χ3v) is 1.35. The first-order valence-corrected chi connectivity index (χ1v) is 3.36. The molecule has 10 heavy (non-hydrogen) atoms. The van der Waals surface area contributed by atoms with Gasteiger partial charge in [-0.05, 0) is 6.92 Å². The Morgan fingerprint density at radius 1 is 1.60 bits per heavy atom. The Kier molecular flexibility index (Phi) is 1.66. The molecule has 0 atom stereocenters. The molecule has 0 aromatic carbocycles. The van der Waals surface area contributed by atoms with Gasteiger partial charge in [-0.15, -0.1) is 0 Å². The van der Waals surface area contributed by atoms with E-state index in [9.17, 15) is 0 Å². The van der Waals surface area contributed by atoms with Gasteiger partial charge in [-0.3, -0.25) is 0 Å². The summed E-state index contributed by atoms with van der Waals surface area (Å²) >= 11 is 0. The molecule has 1 N–H and O–H groups in total. The molecule has 1 aromatic heterocycles. The maximum atomic E-state index is 9.16. The van der Waals surface area contributed by atoms with E-state index in [0.717, 1.165) is 16.2 Å². The molecule has 56 valence electrons. The van der Waals surface area contributed by atoms with Gasteiger partial charge >= 0.3 is 0 Å². The molecule has 1 aromatic rings. The first kappa shape index (κ1) is 7.12. The number of aromatic nitrogens is 2. The fourth-order valence-electron chi connectivity index (χ4n) is 0.898. The van der Waals surface area contributed by atoms with E-state index in [4.69, 9.17) is 5.21 Å². The average Bonchev–Trinajstić information content (AvgIpc) is 2.10. The minimum atomic E-state index is 0.277. The maximum Gasteiger partial charge on any atom is 0.147 e. The molecule has 0 spiro atoms. The predicted molar refractivity (Wildman–Crippen MR) is 38.2 cm³/mol. The number of nitrogens with zero attached hydrogens (tertiary/aromatic N) is 2. The maximum absolute atomic E-state index is 9.16. The molecule has 0 saturated heterocycles. The van der Waals surface area contributed by atoms with Crippen molar-refractivity contribution in [2.45, 2.75) is 26.7 Å². The number of rotatable bonds is 1. The molecule has 0 saturated carbocycles. The van der Waals surface area contributed by atoms with Crippen LogP contribution in [-0.4, -0.2) is 14.9 Å². The van der Waals surface area contributed by atoms with Gasteiger partial charge in [-0.1, -0.05) is 13.8 Å². The van der Waals surface area contributed by atoms with Crippen LogP contribution in [0.25, 0.3) is 0 Å². The molecule has 0 aliphatic heterocycles. The largest absolute Gasteiger partial charge is 0.427 e. The van der Waals surface area contributed by atoms with Gasteiger partial charge in [-0.25, -0.2) is 4.98 Å². The highest BCUT2D eigenvalue weighted by molar-refractivity contribution is 5.03. The van der Waals surface area contributed by atoms with Crippen LogP contribution in [0.2, 0.25) is 0 Å². The van der Waals surface area contributed by atoms with Gasteiger partial charge in [0.15, 0.2) is 0 Å². The van der Waals surface area contributed by atoms with Crippen LogP contribution in [0.3, 0.4) is 0 Å². The quantitative estimate of drug-likeness (QED) is 0.601. The molecule has 0 unspecified atom stereocenters. The second kappa shape index (κ2) is 2.33. The van der Waals surface area contributed by atoms with Crippen molar-refractivity contribution in [3.63, 3.8) is 0 Å². The molecule has 1 heterocycles. The second-order valence-corrected chi connectivity index (χ2v) is 2.74. The molecule has 1 rings (SSSR count). The van der Waals surface area contributed by atoms with Gasteiger partial charge in [0.25, 0.3) is 0 Å². The van der Waals surface area contributed by atoms with Gasteiger partial charge in [0, 0.05) is 5.92 Å². The van der Waals surface area contributed by atoms with Gasteiger partial charge < -0.3 is 5.21 Å². The lowest BCUT2D eigenvalue weighted by Crippen LogP contribution is -1.99. The van der Waals surface area contributed by atoms with Crippen molar-refractivity contribution in [2.75, 3.05) is 0 Å². The van der Waals surface area contributed by atoms with Crippen molar-refractivity contribution < 1.29 is 5.21 Å². The van der Waals surface area contributed by atoms with Crippen LogP contribution >= 0.6 is 0 Å². The van der Waals surface area contributed by atoms with Crippen molar-refractivity contribution in [3.05, 3.63) is 17.7 Å². The molecule has 3 heteroatoms. The number of hydrogen-bond donors (Lipinski definition) is 1. The molecule has 0 aliphatic carbocycles. The topological polar surface area (TPSA) is 38.0 Å². The molecule has 0 fully saturated rings. The van der Waals surface area contributed by atoms with Crippen molar-refractivity contribution in [3.8, 4) is 0 Å². The van der Waals surface area contributed by atoms with Crippen LogP contribution in [0, 0.1) is 6.92 Å². The van der Waals surface area contributed by atoms with E-state index in [1.54, 1.807) is 6.20 Å². The summed E-state index contributed by atoms with van der Waals surface area (Å²) in [6.07, 6.45) is 1.61. The zero-order valence-corrected chi connectivity index (χ0v) is 6.50. The molecule has 0 amide bonds. The fraction of sp³-hybridized carbons (Fsp3) is 0.571. The minimum absolute atomic E-state index is 0.277. The highest BCUT2D eigenvalue weighted by Crippen LogP contribution is 2.11. The van der Waals surface area contributed by atoms with Gasteiger partial charge in [0.1, 0.15) is 5.82 Å². The Labute approximate surface area is 60.3 Å². The lowest BCUT2D eigenvalue weighted by molar-refractivity contribution is 0.173. The van der Waals surface area contributed by atoms with Crippen LogP contribution < -0.4 is 0 Å². The number of hydrogen-bond acceptors (Lipinski definition) is 2. The second-order valence-electron chi connectivity index (χ2n) is 2.74. The summed E-state index contributed by atoms with van der Waals surface area (Å²) in [4.78, 5) is 4.12. The Morgan fingerprint density at radius 2 is 2.20 bits per heavy atom. The van der Waals surface area contributed by atoms with E-state index in [1.165, 1.54) is 0 Å². The zero-order valence-electron chi connectivity index (χ0n) is 6.50. The van der Waals surface area contributed by atoms with E-state index in [1.807, 2.05) is 20.8 Å². The highest BCUT2D eigenvalue weighted by atomic mass is 16.5. The highest BCUT2D eigenvalue weighted by Gasteiger charge is 2.07. The van der Waals surface area contributed by atoms with Gasteiger partial charge in [-0.2, -0.15) is 4.73 Å². The molecule has 0 bridgehead atoms. The number of aryl methyl sites for hydroxylation is 1. The third-order valence-electron chi connectivity index (χ3n) is 1.35. The summed E-state index contributed by atoms with van der Waals surface area (Å²) in [6, 6.07) is 0. The summed E-state index contributed by atoms with van der Waals surface area (Å²) in [5.74, 6) is 0.996. The molecular weight excluding hydrogens is 128 g/mol. The molecule has 3 nitrogen and oxygen atoms in total. The lowest BCUT2D eigenvalue weighted by atomic mass is 10.2. The summed E-state index contributed by atoms with van der Waals surface area (Å²) in [6.45, 7) is 5.85. The SMILES string of the molecule is Cc1cn(O)c(C(C)C)n1. The molecular formula is C7H12N2O. The average molecular weight is 140 g/mol. The summed E-state index contributed by atoms with van der Waals surface area (Å²) in [5, 5.41) is 9.16. The third kappa shape index (κ3) is 1.12. The van der Waals surface area contributed by atoms with Crippen LogP contribution in [-0.2, 0) is 0 Å². The minimum Gasteiger partial charge on any atom is -0.427 e. The number of imidazole rings is 1. The zero-order chi connectivity index (χ0) is 7.72. The van der Waals surface area contributed by atoms with E-state index in [0.29, 0.717) is 0 Å². The van der Waals surface area contributed by atoms with Gasteiger partial charge in [0.05, 0.1) is 11.9 Å². The van der Waals surface area contributed by atoms with Crippen LogP contribution in [0.4, 0.5) is 0 Å². The Morgan fingerprint density at radius 3 is 2.40 bits per heavy atom. The van der Waals surface area contributed by atoms with E-state index in [2.05, 4.69) is 4.98 Å². The summed E-state index contributed by atoms with van der Waals surface area (Å²) in [7, 11) is 0. The Hall–Kier alpha value is -0.990. The van der Waals surface area contributed by atoms with Crippen molar-refractivity contribution in [1.29, 1.82) is 0 Å². The van der Waals surface area contributed by atoms with Crippen LogP contribution in [0.5, 0.6) is 0 Å². The lowest BCUT2D eigenvalue weighted by Gasteiger charge is -2.00. The Bertz CT molecular complexity index is 228. The molecule has 0 radical (unpaired) electrons. The Balaban J connectivity index is 3.03. The normalized spacial score (nSPS) is 10.8. The summed E-state index contributed by atoms with van der Waals surface area (Å²) < 4.78 is 1.08. The first-order chi connectivity index (χ1) is 4.61. The fourth-order valence-corrected chi connectivity index (χ4v) is 0.898. The molecule has 0 aliphatic rings. The monoisotopic (exact) mass is 140 g/mol. The van der Waals surface area contributed by atoms with Crippen LogP contribution in [0.15, 0.2) is 6.20 Å². The smallest absolute Gasteiger partial charge is 0.147 e. The van der Waals surface area contributed by atoms with Crippen LogP contribution in [0.1, 0.15) is 31.3 Å².